The minimum absolute atomic E-state index is 0.0210. The van der Waals surface area contributed by atoms with Gasteiger partial charge in [0.05, 0.1) is 0 Å². The molecule has 0 fully saturated rings. The van der Waals surface area contributed by atoms with Gasteiger partial charge in [0.25, 0.3) is 0 Å². The first-order valence-corrected chi connectivity index (χ1v) is 5.75. The van der Waals surface area contributed by atoms with Crippen LogP contribution in [0.2, 0.25) is 0 Å². The van der Waals surface area contributed by atoms with E-state index >= 15 is 0 Å². The van der Waals surface area contributed by atoms with Crippen LogP contribution in [0.25, 0.3) is 0 Å². The van der Waals surface area contributed by atoms with Gasteiger partial charge in [-0.2, -0.15) is 0 Å². The average Bonchev–Trinajstić information content (AvgIpc) is 2.30. The largest absolute Gasteiger partial charge is 0.324 e. The zero-order chi connectivity index (χ0) is 12.3. The molecule has 3 nitrogen and oxygen atoms in total. The summed E-state index contributed by atoms with van der Waals surface area (Å²) in [5, 5.41) is 0. The number of nitrogens with two attached hydrogens (primary N) is 1. The number of rotatable bonds is 3. The highest BCUT2D eigenvalue weighted by Gasteiger charge is 2.10. The fourth-order valence-corrected chi connectivity index (χ4v) is 1.97. The van der Waals surface area contributed by atoms with Gasteiger partial charge in [-0.25, -0.2) is 0 Å². The molecule has 0 aliphatic carbocycles. The fraction of sp³-hybridized carbons (Fsp3) is 0.286. The second kappa shape index (κ2) is 5.06. The summed E-state index contributed by atoms with van der Waals surface area (Å²) < 4.78 is 0. The summed E-state index contributed by atoms with van der Waals surface area (Å²) >= 11 is 0. The predicted octanol–water partition coefficient (Wildman–Crippen LogP) is 2.34. The highest BCUT2D eigenvalue weighted by Crippen LogP contribution is 2.18. The van der Waals surface area contributed by atoms with Crippen molar-refractivity contribution in [2.75, 3.05) is 0 Å². The Morgan fingerprint density at radius 1 is 1.24 bits per heavy atom. The van der Waals surface area contributed by atoms with Crippen molar-refractivity contribution in [2.24, 2.45) is 5.73 Å². The smallest absolute Gasteiger partial charge is 0.0423 e. The lowest BCUT2D eigenvalue weighted by Gasteiger charge is -2.14. The molecule has 1 unspecified atom stereocenters. The van der Waals surface area contributed by atoms with Crippen LogP contribution in [0.15, 0.2) is 36.7 Å². The molecule has 0 saturated carbocycles. The van der Waals surface area contributed by atoms with Crippen LogP contribution in [0.3, 0.4) is 0 Å². The van der Waals surface area contributed by atoms with Gasteiger partial charge >= 0.3 is 0 Å². The molecule has 17 heavy (non-hydrogen) atoms. The van der Waals surface area contributed by atoms with Gasteiger partial charge in [-0.15, -0.1) is 0 Å². The van der Waals surface area contributed by atoms with Crippen LogP contribution in [0, 0.1) is 13.8 Å². The summed E-state index contributed by atoms with van der Waals surface area (Å²) in [4.78, 5) is 8.54. The molecular weight excluding hydrogens is 210 g/mol. The lowest BCUT2D eigenvalue weighted by atomic mass is 9.99. The van der Waals surface area contributed by atoms with Crippen LogP contribution in [-0.2, 0) is 6.42 Å². The third kappa shape index (κ3) is 2.88. The third-order valence-corrected chi connectivity index (χ3v) is 2.84. The monoisotopic (exact) mass is 227 g/mol. The molecule has 0 aromatic carbocycles. The molecular formula is C14H17N3. The van der Waals surface area contributed by atoms with Gasteiger partial charge in [-0.1, -0.05) is 12.1 Å². The molecule has 2 aromatic heterocycles. The maximum absolute atomic E-state index is 6.21. The molecule has 0 spiro atoms. The van der Waals surface area contributed by atoms with Crippen molar-refractivity contribution in [2.45, 2.75) is 26.3 Å². The minimum Gasteiger partial charge on any atom is -0.324 e. The molecule has 2 N–H and O–H groups in total. The molecule has 0 amide bonds. The van der Waals surface area contributed by atoms with E-state index < -0.39 is 0 Å². The molecule has 0 bridgehead atoms. The molecule has 0 radical (unpaired) electrons. The first kappa shape index (κ1) is 11.7. The fourth-order valence-electron chi connectivity index (χ4n) is 1.97. The Kier molecular flexibility index (Phi) is 3.49. The lowest BCUT2D eigenvalue weighted by molar-refractivity contribution is 0.707. The Balaban J connectivity index is 2.17. The average molecular weight is 227 g/mol. The Morgan fingerprint density at radius 2 is 2.06 bits per heavy atom. The van der Waals surface area contributed by atoms with Gasteiger partial charge in [-0.3, -0.25) is 9.97 Å². The SMILES string of the molecule is Cc1ccc(C(N)Cc2cccnc2)c(C)n1. The summed E-state index contributed by atoms with van der Waals surface area (Å²) in [6, 6.07) is 8.03. The van der Waals surface area contributed by atoms with E-state index in [4.69, 9.17) is 5.73 Å². The number of hydrogen-bond acceptors (Lipinski definition) is 3. The van der Waals surface area contributed by atoms with Crippen molar-refractivity contribution < 1.29 is 0 Å². The number of nitrogens with zero attached hydrogens (tertiary/aromatic N) is 2. The Hall–Kier alpha value is -1.74. The van der Waals surface area contributed by atoms with Crippen molar-refractivity contribution in [1.29, 1.82) is 0 Å². The van der Waals surface area contributed by atoms with Crippen molar-refractivity contribution in [3.63, 3.8) is 0 Å². The molecule has 0 aliphatic rings. The lowest BCUT2D eigenvalue weighted by Crippen LogP contribution is -2.15. The number of pyridine rings is 2. The summed E-state index contributed by atoms with van der Waals surface area (Å²) in [5.41, 5.74) is 10.5. The highest BCUT2D eigenvalue weighted by molar-refractivity contribution is 5.26. The molecule has 2 heterocycles. The molecule has 0 saturated heterocycles. The standard InChI is InChI=1S/C14H17N3/c1-10-5-6-13(11(2)17-10)14(15)8-12-4-3-7-16-9-12/h3-7,9,14H,8,15H2,1-2H3. The quantitative estimate of drug-likeness (QED) is 0.875. The van der Waals surface area contributed by atoms with Crippen LogP contribution in [-0.4, -0.2) is 9.97 Å². The van der Waals surface area contributed by atoms with Gasteiger partial charge < -0.3 is 5.73 Å². The predicted molar refractivity (Wildman–Crippen MR) is 68.6 cm³/mol. The van der Waals surface area contributed by atoms with E-state index in [9.17, 15) is 0 Å². The molecule has 3 heteroatoms. The Bertz CT molecular complexity index is 494. The number of aromatic nitrogens is 2. The Morgan fingerprint density at radius 3 is 2.71 bits per heavy atom. The van der Waals surface area contributed by atoms with E-state index in [0.717, 1.165) is 28.9 Å². The molecule has 2 aromatic rings. The van der Waals surface area contributed by atoms with Gasteiger partial charge in [-0.05, 0) is 43.5 Å². The zero-order valence-corrected chi connectivity index (χ0v) is 10.2. The van der Waals surface area contributed by atoms with E-state index in [-0.39, 0.29) is 6.04 Å². The molecule has 88 valence electrons. The summed E-state index contributed by atoms with van der Waals surface area (Å²) in [5.74, 6) is 0. The number of hydrogen-bond donors (Lipinski definition) is 1. The number of aryl methyl sites for hydroxylation is 2. The van der Waals surface area contributed by atoms with E-state index in [1.165, 1.54) is 0 Å². The van der Waals surface area contributed by atoms with E-state index in [1.807, 2.05) is 38.2 Å². The van der Waals surface area contributed by atoms with E-state index in [1.54, 1.807) is 6.20 Å². The minimum atomic E-state index is -0.0210. The van der Waals surface area contributed by atoms with Crippen molar-refractivity contribution >= 4 is 0 Å². The normalized spacial score (nSPS) is 12.4. The topological polar surface area (TPSA) is 51.8 Å². The third-order valence-electron chi connectivity index (χ3n) is 2.84. The summed E-state index contributed by atoms with van der Waals surface area (Å²) in [6.45, 7) is 3.99. The highest BCUT2D eigenvalue weighted by atomic mass is 14.7. The van der Waals surface area contributed by atoms with Crippen LogP contribution >= 0.6 is 0 Å². The summed E-state index contributed by atoms with van der Waals surface area (Å²) in [6.07, 6.45) is 4.42. The van der Waals surface area contributed by atoms with Crippen LogP contribution in [0.1, 0.15) is 28.6 Å². The van der Waals surface area contributed by atoms with Gasteiger partial charge in [0.15, 0.2) is 0 Å². The van der Waals surface area contributed by atoms with Crippen molar-refractivity contribution in [3.05, 3.63) is 59.2 Å². The first-order chi connectivity index (χ1) is 8.16. The Labute approximate surface area is 102 Å². The molecule has 1 atom stereocenters. The molecule has 2 rings (SSSR count). The summed E-state index contributed by atoms with van der Waals surface area (Å²) in [7, 11) is 0. The van der Waals surface area contributed by atoms with E-state index in [0.29, 0.717) is 0 Å². The van der Waals surface area contributed by atoms with Gasteiger partial charge in [0, 0.05) is 29.8 Å². The van der Waals surface area contributed by atoms with Crippen LogP contribution in [0.4, 0.5) is 0 Å². The zero-order valence-electron chi connectivity index (χ0n) is 10.2. The second-order valence-corrected chi connectivity index (χ2v) is 4.30. The maximum Gasteiger partial charge on any atom is 0.0423 e. The van der Waals surface area contributed by atoms with Crippen molar-refractivity contribution in [3.8, 4) is 0 Å². The van der Waals surface area contributed by atoms with Crippen molar-refractivity contribution in [1.82, 2.24) is 9.97 Å². The van der Waals surface area contributed by atoms with Crippen LogP contribution in [0.5, 0.6) is 0 Å². The van der Waals surface area contributed by atoms with E-state index in [2.05, 4.69) is 16.0 Å². The molecule has 0 aliphatic heterocycles. The maximum atomic E-state index is 6.21. The first-order valence-electron chi connectivity index (χ1n) is 5.75. The van der Waals surface area contributed by atoms with Gasteiger partial charge in [0.2, 0.25) is 0 Å². The van der Waals surface area contributed by atoms with Gasteiger partial charge in [0.1, 0.15) is 0 Å². The van der Waals surface area contributed by atoms with Crippen LogP contribution < -0.4 is 5.73 Å². The second-order valence-electron chi connectivity index (χ2n) is 4.30.